The van der Waals surface area contributed by atoms with Crippen molar-refractivity contribution in [3.8, 4) is 0 Å². The van der Waals surface area contributed by atoms with E-state index in [0.29, 0.717) is 6.54 Å². The van der Waals surface area contributed by atoms with Crippen LogP contribution < -0.4 is 11.1 Å². The molecule has 0 aliphatic carbocycles. The van der Waals surface area contributed by atoms with Crippen LogP contribution in [0.5, 0.6) is 0 Å². The molecule has 0 spiro atoms. The molecule has 2 rings (SSSR count). The number of rotatable bonds is 4. The van der Waals surface area contributed by atoms with Gasteiger partial charge in [0.25, 0.3) is 0 Å². The highest BCUT2D eigenvalue weighted by Gasteiger charge is 2.09. The van der Waals surface area contributed by atoms with Crippen molar-refractivity contribution in [2.75, 3.05) is 11.1 Å². The van der Waals surface area contributed by atoms with Crippen LogP contribution in [0.4, 0.5) is 16.2 Å². The predicted octanol–water partition coefficient (Wildman–Crippen LogP) is 0.895. The number of nitrogens with one attached hydrogen (secondary N) is 1. The Morgan fingerprint density at radius 2 is 2.41 bits per heavy atom. The van der Waals surface area contributed by atoms with E-state index in [9.17, 15) is 4.39 Å². The van der Waals surface area contributed by atoms with E-state index in [4.69, 9.17) is 5.73 Å². The summed E-state index contributed by atoms with van der Waals surface area (Å²) in [5.74, 6) is -0.371. The maximum Gasteiger partial charge on any atom is 0.222 e. The highest BCUT2D eigenvalue weighted by atomic mass is 19.1. The van der Waals surface area contributed by atoms with Crippen LogP contribution >= 0.6 is 0 Å². The number of anilines is 2. The van der Waals surface area contributed by atoms with Gasteiger partial charge in [0, 0.05) is 18.4 Å². The van der Waals surface area contributed by atoms with Crippen molar-refractivity contribution in [2.45, 2.75) is 19.5 Å². The van der Waals surface area contributed by atoms with Crippen LogP contribution in [0.2, 0.25) is 0 Å². The minimum Gasteiger partial charge on any atom is -0.368 e. The van der Waals surface area contributed by atoms with Gasteiger partial charge in [-0.05, 0) is 13.0 Å². The lowest BCUT2D eigenvalue weighted by Crippen LogP contribution is -2.23. The van der Waals surface area contributed by atoms with E-state index in [-0.39, 0.29) is 17.8 Å². The molecule has 2 heterocycles. The summed E-state index contributed by atoms with van der Waals surface area (Å²) in [4.78, 5) is 7.35. The SMILES string of the molecule is CC(Cn1cccn1)Nc1nc(N)ncc1F. The number of nitrogens with zero attached hydrogens (tertiary/aromatic N) is 4. The van der Waals surface area contributed by atoms with Gasteiger partial charge in [-0.2, -0.15) is 10.1 Å². The van der Waals surface area contributed by atoms with Crippen LogP contribution in [-0.2, 0) is 6.54 Å². The molecule has 17 heavy (non-hydrogen) atoms. The normalized spacial score (nSPS) is 12.4. The largest absolute Gasteiger partial charge is 0.368 e. The molecule has 90 valence electrons. The zero-order chi connectivity index (χ0) is 12.3. The third-order valence-electron chi connectivity index (χ3n) is 2.17. The fourth-order valence-corrected chi connectivity index (χ4v) is 1.45. The third kappa shape index (κ3) is 2.90. The van der Waals surface area contributed by atoms with Crippen LogP contribution in [0, 0.1) is 5.82 Å². The molecule has 2 aromatic heterocycles. The van der Waals surface area contributed by atoms with Crippen LogP contribution in [0.15, 0.2) is 24.7 Å². The number of hydrogen-bond donors (Lipinski definition) is 2. The van der Waals surface area contributed by atoms with Gasteiger partial charge in [0.2, 0.25) is 5.95 Å². The summed E-state index contributed by atoms with van der Waals surface area (Å²) in [5.41, 5.74) is 5.39. The number of aromatic nitrogens is 4. The second-order valence-corrected chi connectivity index (χ2v) is 3.70. The maximum atomic E-state index is 13.3. The fraction of sp³-hybridized carbons (Fsp3) is 0.300. The minimum absolute atomic E-state index is 0.0290. The first kappa shape index (κ1) is 11.3. The van der Waals surface area contributed by atoms with E-state index in [0.717, 1.165) is 6.20 Å². The summed E-state index contributed by atoms with van der Waals surface area (Å²) < 4.78 is 15.1. The van der Waals surface area contributed by atoms with Gasteiger partial charge in [-0.3, -0.25) is 4.68 Å². The van der Waals surface area contributed by atoms with Gasteiger partial charge in [-0.25, -0.2) is 9.37 Å². The molecular formula is C10H13FN6. The molecule has 0 saturated carbocycles. The smallest absolute Gasteiger partial charge is 0.222 e. The molecule has 0 saturated heterocycles. The maximum absolute atomic E-state index is 13.3. The number of hydrogen-bond acceptors (Lipinski definition) is 5. The van der Waals surface area contributed by atoms with Crippen molar-refractivity contribution in [3.05, 3.63) is 30.5 Å². The van der Waals surface area contributed by atoms with Crippen LogP contribution in [0.1, 0.15) is 6.92 Å². The first-order valence-electron chi connectivity index (χ1n) is 5.17. The molecule has 7 heteroatoms. The Morgan fingerprint density at radius 3 is 3.12 bits per heavy atom. The van der Waals surface area contributed by atoms with Gasteiger partial charge in [0.15, 0.2) is 11.6 Å². The van der Waals surface area contributed by atoms with Crippen molar-refractivity contribution in [2.24, 2.45) is 0 Å². The van der Waals surface area contributed by atoms with Crippen molar-refractivity contribution in [3.63, 3.8) is 0 Å². The first-order chi connectivity index (χ1) is 8.15. The second kappa shape index (κ2) is 4.77. The Bertz CT molecular complexity index is 484. The van der Waals surface area contributed by atoms with Gasteiger partial charge >= 0.3 is 0 Å². The van der Waals surface area contributed by atoms with E-state index in [2.05, 4.69) is 20.4 Å². The summed E-state index contributed by atoms with van der Waals surface area (Å²) >= 11 is 0. The average Bonchev–Trinajstić information content (AvgIpc) is 2.76. The predicted molar refractivity (Wildman–Crippen MR) is 61.7 cm³/mol. The molecule has 0 aliphatic rings. The minimum atomic E-state index is -0.522. The highest BCUT2D eigenvalue weighted by molar-refractivity contribution is 5.39. The van der Waals surface area contributed by atoms with Gasteiger partial charge in [0.1, 0.15) is 0 Å². The average molecular weight is 236 g/mol. The van der Waals surface area contributed by atoms with E-state index in [1.807, 2.05) is 19.2 Å². The lowest BCUT2D eigenvalue weighted by Gasteiger charge is -2.14. The Morgan fingerprint density at radius 1 is 1.59 bits per heavy atom. The van der Waals surface area contributed by atoms with Crippen LogP contribution in [0.25, 0.3) is 0 Å². The van der Waals surface area contributed by atoms with E-state index in [1.54, 1.807) is 10.9 Å². The number of halogens is 1. The lowest BCUT2D eigenvalue weighted by atomic mass is 10.3. The highest BCUT2D eigenvalue weighted by Crippen LogP contribution is 2.11. The summed E-state index contributed by atoms with van der Waals surface area (Å²) in [6, 6.07) is 1.80. The molecule has 6 nitrogen and oxygen atoms in total. The van der Waals surface area contributed by atoms with Gasteiger partial charge in [-0.1, -0.05) is 0 Å². The standard InChI is InChI=1S/C10H13FN6/c1-7(6-17-4-2-3-14-17)15-9-8(11)5-13-10(12)16-9/h2-5,7H,6H2,1H3,(H3,12,13,15,16). The molecule has 0 aliphatic heterocycles. The Balaban J connectivity index is 2.02. The number of nitrogens with two attached hydrogens (primary N) is 1. The zero-order valence-electron chi connectivity index (χ0n) is 9.34. The molecule has 0 aromatic carbocycles. The molecule has 1 atom stereocenters. The summed E-state index contributed by atoms with van der Waals surface area (Å²) in [7, 11) is 0. The van der Waals surface area contributed by atoms with E-state index in [1.165, 1.54) is 0 Å². The van der Waals surface area contributed by atoms with E-state index >= 15 is 0 Å². The lowest BCUT2D eigenvalue weighted by molar-refractivity contribution is 0.552. The van der Waals surface area contributed by atoms with Crippen molar-refractivity contribution < 1.29 is 4.39 Å². The molecular weight excluding hydrogens is 223 g/mol. The van der Waals surface area contributed by atoms with Gasteiger partial charge in [-0.15, -0.1) is 0 Å². The summed E-state index contributed by atoms with van der Waals surface area (Å²) in [6.45, 7) is 2.51. The van der Waals surface area contributed by atoms with Crippen LogP contribution in [0.3, 0.4) is 0 Å². The Kier molecular flexibility index (Phi) is 3.17. The molecule has 1 unspecified atom stereocenters. The van der Waals surface area contributed by atoms with Crippen molar-refractivity contribution >= 4 is 11.8 Å². The fourth-order valence-electron chi connectivity index (χ4n) is 1.45. The van der Waals surface area contributed by atoms with Gasteiger partial charge in [0.05, 0.1) is 12.7 Å². The quantitative estimate of drug-likeness (QED) is 0.824. The molecule has 0 amide bonds. The number of nitrogen functional groups attached to an aromatic ring is 1. The second-order valence-electron chi connectivity index (χ2n) is 3.70. The van der Waals surface area contributed by atoms with E-state index < -0.39 is 5.82 Å². The molecule has 0 radical (unpaired) electrons. The van der Waals surface area contributed by atoms with Gasteiger partial charge < -0.3 is 11.1 Å². The zero-order valence-corrected chi connectivity index (χ0v) is 9.34. The van der Waals surface area contributed by atoms with Crippen molar-refractivity contribution in [1.29, 1.82) is 0 Å². The summed E-state index contributed by atoms with van der Waals surface area (Å²) in [6.07, 6.45) is 4.57. The van der Waals surface area contributed by atoms with Crippen LogP contribution in [-0.4, -0.2) is 25.8 Å². The molecule has 2 aromatic rings. The van der Waals surface area contributed by atoms with Crippen molar-refractivity contribution in [1.82, 2.24) is 19.7 Å². The topological polar surface area (TPSA) is 81.7 Å². The molecule has 0 fully saturated rings. The molecule has 3 N–H and O–H groups in total. The molecule has 0 bridgehead atoms. The first-order valence-corrected chi connectivity index (χ1v) is 5.17. The monoisotopic (exact) mass is 236 g/mol. The third-order valence-corrected chi connectivity index (χ3v) is 2.17. The Labute approximate surface area is 97.7 Å². The Hall–Kier alpha value is -2.18. The summed E-state index contributed by atoms with van der Waals surface area (Å²) in [5, 5.41) is 6.99.